The number of carbonyl (C=O) groups excluding carboxylic acids is 1. The van der Waals surface area contributed by atoms with E-state index in [4.69, 9.17) is 9.84 Å². The van der Waals surface area contributed by atoms with Gasteiger partial charge in [-0.25, -0.2) is 0 Å². The maximum absolute atomic E-state index is 14.6. The van der Waals surface area contributed by atoms with Gasteiger partial charge in [-0.1, -0.05) is 26.0 Å². The highest BCUT2D eigenvalue weighted by atomic mass is 19.3. The molecule has 24 heavy (non-hydrogen) atoms. The average Bonchev–Trinajstić information content (AvgIpc) is 2.46. The molecule has 0 aliphatic carbocycles. The molecule has 0 heterocycles. The van der Waals surface area contributed by atoms with Gasteiger partial charge < -0.3 is 15.2 Å². The van der Waals surface area contributed by atoms with Crippen molar-refractivity contribution in [3.05, 3.63) is 29.8 Å². The number of ether oxygens (including phenoxy) is 1. The minimum Gasteiger partial charge on any atom is -0.493 e. The van der Waals surface area contributed by atoms with E-state index < -0.39 is 35.3 Å². The number of carboxylic acid groups (broad SMARTS) is 1. The fourth-order valence-corrected chi connectivity index (χ4v) is 2.17. The molecule has 1 atom stereocenters. The van der Waals surface area contributed by atoms with Crippen LogP contribution in [0.4, 0.5) is 8.78 Å². The van der Waals surface area contributed by atoms with Gasteiger partial charge in [-0.05, 0) is 31.9 Å². The van der Waals surface area contributed by atoms with Crippen molar-refractivity contribution < 1.29 is 28.2 Å². The van der Waals surface area contributed by atoms with E-state index in [-0.39, 0.29) is 18.3 Å². The average molecular weight is 343 g/mol. The largest absolute Gasteiger partial charge is 0.493 e. The van der Waals surface area contributed by atoms with Crippen molar-refractivity contribution in [2.75, 3.05) is 6.61 Å². The van der Waals surface area contributed by atoms with Crippen LogP contribution in [-0.4, -0.2) is 29.1 Å². The molecule has 1 rings (SSSR count). The summed E-state index contributed by atoms with van der Waals surface area (Å²) in [6.07, 6.45) is -0.459. The summed E-state index contributed by atoms with van der Waals surface area (Å²) in [7, 11) is 0. The van der Waals surface area contributed by atoms with Gasteiger partial charge in [0.15, 0.2) is 0 Å². The van der Waals surface area contributed by atoms with Gasteiger partial charge >= 0.3 is 11.9 Å². The third-order valence-corrected chi connectivity index (χ3v) is 4.00. The van der Waals surface area contributed by atoms with E-state index in [0.29, 0.717) is 0 Å². The van der Waals surface area contributed by atoms with Gasteiger partial charge in [0.2, 0.25) is 0 Å². The van der Waals surface area contributed by atoms with E-state index in [1.807, 2.05) is 0 Å². The van der Waals surface area contributed by atoms with Crippen LogP contribution in [0.5, 0.6) is 5.75 Å². The van der Waals surface area contributed by atoms with Crippen LogP contribution in [0.1, 0.15) is 39.7 Å². The molecule has 0 radical (unpaired) electrons. The van der Waals surface area contributed by atoms with Gasteiger partial charge in [0.05, 0.1) is 24.1 Å². The van der Waals surface area contributed by atoms with Crippen molar-refractivity contribution in [3.63, 3.8) is 0 Å². The number of hydrogen-bond acceptors (Lipinski definition) is 3. The molecule has 1 aromatic rings. The lowest BCUT2D eigenvalue weighted by atomic mass is 9.84. The molecule has 0 aromatic heterocycles. The molecule has 0 fully saturated rings. The van der Waals surface area contributed by atoms with E-state index in [1.165, 1.54) is 25.1 Å². The molecule has 5 nitrogen and oxygen atoms in total. The number of nitrogens with one attached hydrogen (secondary N) is 1. The number of rotatable bonds is 8. The lowest BCUT2D eigenvalue weighted by molar-refractivity contribution is -0.151. The van der Waals surface area contributed by atoms with Crippen molar-refractivity contribution in [3.8, 4) is 5.75 Å². The lowest BCUT2D eigenvalue weighted by Gasteiger charge is -2.35. The molecule has 0 aliphatic heterocycles. The van der Waals surface area contributed by atoms with Crippen LogP contribution in [0.2, 0.25) is 0 Å². The molecule has 0 saturated carbocycles. The smallest absolute Gasteiger partial charge is 0.353 e. The highest BCUT2D eigenvalue weighted by Crippen LogP contribution is 2.36. The molecular formula is C17H23F2NO4. The van der Waals surface area contributed by atoms with Crippen molar-refractivity contribution in [1.82, 2.24) is 5.32 Å². The van der Waals surface area contributed by atoms with E-state index in [0.717, 1.165) is 6.07 Å². The van der Waals surface area contributed by atoms with Crippen LogP contribution in [-0.2, 0) is 15.5 Å². The zero-order chi connectivity index (χ0) is 18.5. The molecule has 0 aliphatic rings. The molecule has 1 amide bonds. The van der Waals surface area contributed by atoms with Crippen LogP contribution in [0, 0.1) is 5.92 Å². The molecule has 0 bridgehead atoms. The predicted octanol–water partition coefficient (Wildman–Crippen LogP) is 3.18. The number of carbonyl (C=O) groups is 2. The second kappa shape index (κ2) is 7.59. The summed E-state index contributed by atoms with van der Waals surface area (Å²) in [6, 6.07) is 5.40. The number of amides is 1. The number of hydrogen-bond donors (Lipinski definition) is 2. The van der Waals surface area contributed by atoms with Crippen LogP contribution < -0.4 is 10.1 Å². The highest BCUT2D eigenvalue weighted by molar-refractivity contribution is 5.86. The molecular weight excluding hydrogens is 320 g/mol. The first kappa shape index (κ1) is 19.9. The number of benzene rings is 1. The van der Waals surface area contributed by atoms with E-state index >= 15 is 0 Å². The summed E-state index contributed by atoms with van der Waals surface area (Å²) in [5.74, 6) is -7.00. The lowest BCUT2D eigenvalue weighted by Crippen LogP contribution is -2.55. The topological polar surface area (TPSA) is 75.6 Å². The van der Waals surface area contributed by atoms with E-state index in [1.54, 1.807) is 20.8 Å². The minimum absolute atomic E-state index is 0.0790. The zero-order valence-electron chi connectivity index (χ0n) is 14.2. The Hall–Kier alpha value is -2.18. The summed E-state index contributed by atoms with van der Waals surface area (Å²) >= 11 is 0. The highest BCUT2D eigenvalue weighted by Gasteiger charge is 2.46. The van der Waals surface area contributed by atoms with Crippen molar-refractivity contribution >= 4 is 11.9 Å². The standard InChI is InChI=1S/C17H23F2NO4/c1-5-24-13-9-7-6-8-12(13)17(18,19)15(23)20-16(4,11(2)3)10-14(21)22/h6-9,11H,5,10H2,1-4H3,(H,20,23)(H,21,22). The first-order valence-corrected chi connectivity index (χ1v) is 7.69. The summed E-state index contributed by atoms with van der Waals surface area (Å²) in [5.41, 5.74) is -1.85. The normalized spacial score (nSPS) is 14.1. The van der Waals surface area contributed by atoms with Gasteiger partial charge in [0.1, 0.15) is 5.75 Å². The van der Waals surface area contributed by atoms with Gasteiger partial charge in [0, 0.05) is 0 Å². The number of aliphatic carboxylic acids is 1. The number of halogens is 2. The molecule has 2 N–H and O–H groups in total. The molecule has 7 heteroatoms. The van der Waals surface area contributed by atoms with Gasteiger partial charge in [0.25, 0.3) is 5.91 Å². The van der Waals surface area contributed by atoms with Crippen molar-refractivity contribution in [1.29, 1.82) is 0 Å². The molecule has 0 spiro atoms. The molecule has 1 unspecified atom stereocenters. The summed E-state index contributed by atoms with van der Waals surface area (Å²) in [5, 5.41) is 11.2. The first-order valence-electron chi connectivity index (χ1n) is 7.69. The third-order valence-electron chi connectivity index (χ3n) is 4.00. The minimum atomic E-state index is -3.85. The van der Waals surface area contributed by atoms with E-state index in [9.17, 15) is 18.4 Å². The van der Waals surface area contributed by atoms with Gasteiger partial charge in [-0.2, -0.15) is 8.78 Å². The van der Waals surface area contributed by atoms with E-state index in [2.05, 4.69) is 5.32 Å². The fourth-order valence-electron chi connectivity index (χ4n) is 2.17. The van der Waals surface area contributed by atoms with Gasteiger partial charge in [-0.15, -0.1) is 0 Å². The number of para-hydroxylation sites is 1. The number of carboxylic acids is 1. The Kier molecular flexibility index (Phi) is 6.29. The quantitative estimate of drug-likeness (QED) is 0.760. The molecule has 134 valence electrons. The second-order valence-electron chi connectivity index (χ2n) is 6.10. The molecule has 1 aromatic carbocycles. The summed E-state index contributed by atoms with van der Waals surface area (Å²) in [4.78, 5) is 23.2. The monoisotopic (exact) mass is 343 g/mol. The van der Waals surface area contributed by atoms with Crippen molar-refractivity contribution in [2.24, 2.45) is 5.92 Å². The zero-order valence-corrected chi connectivity index (χ0v) is 14.2. The summed E-state index contributed by atoms with van der Waals surface area (Å²) < 4.78 is 34.4. The van der Waals surface area contributed by atoms with Crippen LogP contribution in [0.15, 0.2) is 24.3 Å². The Balaban J connectivity index is 3.14. The SMILES string of the molecule is CCOc1ccccc1C(F)(F)C(=O)NC(C)(CC(=O)O)C(C)C. The first-order chi connectivity index (χ1) is 11.0. The fraction of sp³-hybridized carbons (Fsp3) is 0.529. The Morgan fingerprint density at radius 3 is 2.38 bits per heavy atom. The number of alkyl halides is 2. The third kappa shape index (κ3) is 4.43. The molecule has 0 saturated heterocycles. The second-order valence-corrected chi connectivity index (χ2v) is 6.10. The van der Waals surface area contributed by atoms with Gasteiger partial charge in [-0.3, -0.25) is 9.59 Å². The van der Waals surface area contributed by atoms with Crippen LogP contribution in [0.25, 0.3) is 0 Å². The van der Waals surface area contributed by atoms with Crippen molar-refractivity contribution in [2.45, 2.75) is 45.6 Å². The van der Waals surface area contributed by atoms with Crippen LogP contribution in [0.3, 0.4) is 0 Å². The Bertz CT molecular complexity index is 604. The maximum atomic E-state index is 14.6. The predicted molar refractivity (Wildman–Crippen MR) is 85.1 cm³/mol. The summed E-state index contributed by atoms with van der Waals surface area (Å²) in [6.45, 7) is 6.59. The Labute approximate surface area is 140 Å². The van der Waals surface area contributed by atoms with Crippen LogP contribution >= 0.6 is 0 Å². The Morgan fingerprint density at radius 1 is 1.29 bits per heavy atom. The maximum Gasteiger partial charge on any atom is 0.353 e. The Morgan fingerprint density at radius 2 is 1.88 bits per heavy atom.